The molecule has 1 aromatic carbocycles. The largest absolute Gasteiger partial charge is 0.381 e. The van der Waals surface area contributed by atoms with Crippen molar-refractivity contribution in [2.45, 2.75) is 25.9 Å². The number of nitrogens with zero attached hydrogens (tertiary/aromatic N) is 4. The highest BCUT2D eigenvalue weighted by atomic mass is 32.1. The summed E-state index contributed by atoms with van der Waals surface area (Å²) in [4.78, 5) is 26.8. The zero-order valence-electron chi connectivity index (χ0n) is 16.2. The van der Waals surface area contributed by atoms with Crippen molar-refractivity contribution in [1.82, 2.24) is 19.9 Å². The molecule has 0 radical (unpaired) electrons. The maximum absolute atomic E-state index is 11.4. The summed E-state index contributed by atoms with van der Waals surface area (Å²) in [6.07, 6.45) is 3.90. The lowest BCUT2D eigenvalue weighted by atomic mass is 10.1. The Balaban J connectivity index is 1.59. The normalized spacial score (nSPS) is 18.8. The highest BCUT2D eigenvalue weighted by Gasteiger charge is 2.41. The van der Waals surface area contributed by atoms with E-state index in [4.69, 9.17) is 5.73 Å². The van der Waals surface area contributed by atoms with Gasteiger partial charge in [0.25, 0.3) is 0 Å². The summed E-state index contributed by atoms with van der Waals surface area (Å²) in [6.45, 7) is 4.53. The fourth-order valence-corrected chi connectivity index (χ4v) is 4.43. The molecule has 0 spiro atoms. The fourth-order valence-electron chi connectivity index (χ4n) is 3.41. The summed E-state index contributed by atoms with van der Waals surface area (Å²) in [6, 6.07) is 7.41. The maximum atomic E-state index is 11.4. The van der Waals surface area contributed by atoms with Crippen LogP contribution in [0, 0.1) is 13.8 Å². The zero-order chi connectivity index (χ0) is 20.6. The summed E-state index contributed by atoms with van der Waals surface area (Å²) in [5.41, 5.74) is 8.01. The van der Waals surface area contributed by atoms with Gasteiger partial charge >= 0.3 is 6.03 Å². The minimum absolute atomic E-state index is 0.167. The predicted octanol–water partition coefficient (Wildman–Crippen LogP) is 2.93. The Morgan fingerprint density at radius 1 is 1.31 bits per heavy atom. The number of hydrogen-bond acceptors (Lipinski definition) is 7. The zero-order valence-corrected chi connectivity index (χ0v) is 17.0. The molecule has 4 N–H and O–H groups in total. The lowest BCUT2D eigenvalue weighted by Gasteiger charge is -2.19. The van der Waals surface area contributed by atoms with Gasteiger partial charge < -0.3 is 21.1 Å². The van der Waals surface area contributed by atoms with E-state index >= 15 is 0 Å². The molecule has 9 heteroatoms. The molecule has 0 aliphatic carbocycles. The number of hydrogen-bond donors (Lipinski definition) is 3. The molecule has 8 nitrogen and oxygen atoms in total. The van der Waals surface area contributed by atoms with Gasteiger partial charge in [0.2, 0.25) is 5.95 Å². The predicted molar refractivity (Wildman–Crippen MR) is 112 cm³/mol. The van der Waals surface area contributed by atoms with Crippen molar-refractivity contribution in [3.8, 4) is 10.4 Å². The van der Waals surface area contributed by atoms with Gasteiger partial charge in [-0.2, -0.15) is 0 Å². The lowest BCUT2D eigenvalue weighted by molar-refractivity contribution is 0.0496. The monoisotopic (exact) mass is 410 g/mol. The van der Waals surface area contributed by atoms with Gasteiger partial charge in [-0.15, -0.1) is 11.3 Å². The number of nitrogens with two attached hydrogens (primary N) is 1. The van der Waals surface area contributed by atoms with Gasteiger partial charge in [0, 0.05) is 36.7 Å². The van der Waals surface area contributed by atoms with Crippen LogP contribution in [0.25, 0.3) is 10.4 Å². The van der Waals surface area contributed by atoms with Crippen molar-refractivity contribution in [3.63, 3.8) is 0 Å². The van der Waals surface area contributed by atoms with Crippen molar-refractivity contribution in [2.75, 3.05) is 18.4 Å². The second kappa shape index (κ2) is 7.41. The van der Waals surface area contributed by atoms with E-state index in [9.17, 15) is 9.90 Å². The number of primary amides is 1. The number of likely N-dealkylation sites (tertiary alicyclic amines) is 1. The number of thiazole rings is 1. The number of aryl methyl sites for hydroxylation is 2. The molecule has 1 saturated heterocycles. The number of nitrogens with one attached hydrogen (secondary N) is 1. The molecular formula is C20H22N6O2S. The lowest BCUT2D eigenvalue weighted by Crippen LogP contribution is -2.37. The van der Waals surface area contributed by atoms with Crippen LogP contribution in [-0.4, -0.2) is 44.1 Å². The summed E-state index contributed by atoms with van der Waals surface area (Å²) in [5.74, 6) is 0.540. The topological polar surface area (TPSA) is 117 Å². The van der Waals surface area contributed by atoms with Gasteiger partial charge in [0.05, 0.1) is 11.4 Å². The first-order valence-electron chi connectivity index (χ1n) is 9.24. The van der Waals surface area contributed by atoms with Crippen molar-refractivity contribution in [2.24, 2.45) is 5.73 Å². The Hall–Kier alpha value is -3.04. The second-order valence-corrected chi connectivity index (χ2v) is 8.34. The van der Waals surface area contributed by atoms with Crippen molar-refractivity contribution in [1.29, 1.82) is 0 Å². The number of carbonyl (C=O) groups is 1. The molecule has 0 bridgehead atoms. The van der Waals surface area contributed by atoms with Crippen molar-refractivity contribution < 1.29 is 9.90 Å². The minimum Gasteiger partial charge on any atom is -0.381 e. The Bertz CT molecular complexity index is 1070. The molecule has 150 valence electrons. The van der Waals surface area contributed by atoms with Gasteiger partial charge in [0.15, 0.2) is 0 Å². The highest BCUT2D eigenvalue weighted by molar-refractivity contribution is 7.15. The molecule has 1 aliphatic heterocycles. The average Bonchev–Trinajstić information content (AvgIpc) is 3.29. The number of benzene rings is 1. The third kappa shape index (κ3) is 4.06. The fraction of sp³-hybridized carbons (Fsp3) is 0.300. The average molecular weight is 411 g/mol. The molecule has 1 atom stereocenters. The van der Waals surface area contributed by atoms with Crippen LogP contribution in [0.3, 0.4) is 0 Å². The number of amides is 2. The number of urea groups is 1. The van der Waals surface area contributed by atoms with E-state index in [0.29, 0.717) is 23.9 Å². The van der Waals surface area contributed by atoms with Crippen LogP contribution in [0.1, 0.15) is 22.7 Å². The Kier molecular flexibility index (Phi) is 4.93. The SMILES string of the molecule is Cc1cc(Nc2nccc(C)n2)cc(-c2cnc([C@@]3(O)CCN(C(N)=O)C3)s2)c1. The van der Waals surface area contributed by atoms with E-state index < -0.39 is 11.6 Å². The van der Waals surface area contributed by atoms with E-state index in [1.165, 1.54) is 16.2 Å². The smallest absolute Gasteiger partial charge is 0.314 e. The van der Waals surface area contributed by atoms with Crippen LogP contribution in [0.4, 0.5) is 16.4 Å². The number of anilines is 2. The van der Waals surface area contributed by atoms with E-state index in [1.54, 1.807) is 12.4 Å². The van der Waals surface area contributed by atoms with Gasteiger partial charge in [-0.05, 0) is 43.2 Å². The Morgan fingerprint density at radius 2 is 2.14 bits per heavy atom. The van der Waals surface area contributed by atoms with Crippen LogP contribution in [0.15, 0.2) is 36.7 Å². The standard InChI is InChI=1S/C20H22N6O2S/c1-12-7-14(9-15(8-12)25-19-22-5-3-13(2)24-19)16-10-23-17(29-16)20(28)4-6-26(11-20)18(21)27/h3,5,7-10,28H,4,6,11H2,1-2H3,(H2,21,27)(H,22,24,25)/t20-/m1/s1. The summed E-state index contributed by atoms with van der Waals surface area (Å²) in [5, 5.41) is 14.8. The molecule has 1 aliphatic rings. The molecule has 1 fully saturated rings. The van der Waals surface area contributed by atoms with E-state index in [-0.39, 0.29) is 6.54 Å². The number of β-amino-alcohol motifs (C(OH)–C–C–N with tert-alkyl or cyclic N) is 1. The Morgan fingerprint density at radius 3 is 2.86 bits per heavy atom. The third-order valence-corrected chi connectivity index (χ3v) is 6.12. The van der Waals surface area contributed by atoms with Gasteiger partial charge in [-0.1, -0.05) is 6.07 Å². The number of rotatable bonds is 4. The van der Waals surface area contributed by atoms with Gasteiger partial charge in [-0.25, -0.2) is 19.7 Å². The van der Waals surface area contributed by atoms with Gasteiger partial charge in [-0.3, -0.25) is 0 Å². The molecule has 4 rings (SSSR count). The van der Waals surface area contributed by atoms with Crippen LogP contribution in [0.2, 0.25) is 0 Å². The molecule has 0 unspecified atom stereocenters. The third-order valence-electron chi connectivity index (χ3n) is 4.88. The summed E-state index contributed by atoms with van der Waals surface area (Å²) in [7, 11) is 0. The first kappa shape index (κ1) is 19.3. The van der Waals surface area contributed by atoms with Crippen LogP contribution < -0.4 is 11.1 Å². The summed E-state index contributed by atoms with van der Waals surface area (Å²) >= 11 is 1.42. The van der Waals surface area contributed by atoms with Crippen LogP contribution in [-0.2, 0) is 5.60 Å². The number of aliphatic hydroxyl groups is 1. The van der Waals surface area contributed by atoms with Gasteiger partial charge in [0.1, 0.15) is 10.6 Å². The first-order chi connectivity index (χ1) is 13.8. The maximum Gasteiger partial charge on any atom is 0.314 e. The van der Waals surface area contributed by atoms with Crippen LogP contribution >= 0.6 is 11.3 Å². The first-order valence-corrected chi connectivity index (χ1v) is 10.1. The molecule has 29 heavy (non-hydrogen) atoms. The van der Waals surface area contributed by atoms with Crippen molar-refractivity contribution >= 4 is 29.0 Å². The number of carbonyl (C=O) groups excluding carboxylic acids is 1. The Labute approximate surface area is 172 Å². The molecular weight excluding hydrogens is 388 g/mol. The van der Waals surface area contributed by atoms with Crippen molar-refractivity contribution in [3.05, 3.63) is 52.9 Å². The van der Waals surface area contributed by atoms with E-state index in [0.717, 1.165) is 27.4 Å². The molecule has 0 saturated carbocycles. The molecule has 2 aromatic heterocycles. The van der Waals surface area contributed by atoms with E-state index in [1.807, 2.05) is 32.0 Å². The van der Waals surface area contributed by atoms with E-state index in [2.05, 4.69) is 26.3 Å². The molecule has 3 aromatic rings. The number of aromatic nitrogens is 3. The minimum atomic E-state index is -1.15. The quantitative estimate of drug-likeness (QED) is 0.609. The molecule has 2 amide bonds. The second-order valence-electron chi connectivity index (χ2n) is 7.31. The highest BCUT2D eigenvalue weighted by Crippen LogP contribution is 2.38. The van der Waals surface area contributed by atoms with Crippen LogP contribution in [0.5, 0.6) is 0 Å². The molecule has 3 heterocycles. The summed E-state index contributed by atoms with van der Waals surface area (Å²) < 4.78 is 0.